The highest BCUT2D eigenvalue weighted by molar-refractivity contribution is 5.82. The molecule has 120 valence electrons. The van der Waals surface area contributed by atoms with Crippen LogP contribution in [0.15, 0.2) is 24.3 Å². The third-order valence-corrected chi connectivity index (χ3v) is 4.90. The Hall–Kier alpha value is -1.84. The summed E-state index contributed by atoms with van der Waals surface area (Å²) < 4.78 is 4.30. The SMILES string of the molecule is CC(C)(c1ccc(CCCC(=N)OC(=O)O)cc1)C1CCC1. The van der Waals surface area contributed by atoms with E-state index in [1.54, 1.807) is 0 Å². The minimum absolute atomic E-state index is 0.185. The maximum absolute atomic E-state index is 10.3. The molecule has 1 aliphatic rings. The number of carbonyl (C=O) groups is 1. The zero-order valence-corrected chi connectivity index (χ0v) is 13.4. The van der Waals surface area contributed by atoms with Crippen molar-refractivity contribution in [3.63, 3.8) is 0 Å². The average molecular weight is 303 g/mol. The quantitative estimate of drug-likeness (QED) is 0.452. The lowest BCUT2D eigenvalue weighted by Crippen LogP contribution is -2.33. The molecule has 4 heteroatoms. The van der Waals surface area contributed by atoms with Gasteiger partial charge in [0, 0.05) is 6.42 Å². The first-order valence-corrected chi connectivity index (χ1v) is 7.97. The standard InChI is InChI=1S/C18H25NO3/c1-18(2,14-6-4-7-14)15-11-9-13(10-12-15)5-3-8-16(19)22-17(20)21/h9-12,14,19H,3-8H2,1-2H3,(H,20,21). The van der Waals surface area contributed by atoms with Crippen LogP contribution >= 0.6 is 0 Å². The summed E-state index contributed by atoms with van der Waals surface area (Å²) in [4.78, 5) is 10.3. The number of aryl methyl sites for hydroxylation is 1. The maximum atomic E-state index is 10.3. The van der Waals surface area contributed by atoms with Crippen molar-refractivity contribution in [1.82, 2.24) is 0 Å². The van der Waals surface area contributed by atoms with Gasteiger partial charge in [-0.05, 0) is 48.1 Å². The lowest BCUT2D eigenvalue weighted by Gasteiger charge is -2.41. The van der Waals surface area contributed by atoms with Crippen LogP contribution in [0.5, 0.6) is 0 Å². The molecule has 0 atom stereocenters. The van der Waals surface area contributed by atoms with Gasteiger partial charge in [0.1, 0.15) is 0 Å². The summed E-state index contributed by atoms with van der Waals surface area (Å²) in [6.45, 7) is 4.66. The normalized spacial score (nSPS) is 15.2. The Morgan fingerprint density at radius 2 is 1.95 bits per heavy atom. The monoisotopic (exact) mass is 303 g/mol. The summed E-state index contributed by atoms with van der Waals surface area (Å²) in [7, 11) is 0. The molecule has 0 amide bonds. The second-order valence-electron chi connectivity index (χ2n) is 6.69. The summed E-state index contributed by atoms with van der Waals surface area (Å²) in [6.07, 6.45) is 4.51. The molecule has 1 aromatic rings. The molecule has 2 rings (SSSR count). The van der Waals surface area contributed by atoms with Gasteiger partial charge in [0.25, 0.3) is 0 Å². The van der Waals surface area contributed by atoms with E-state index in [0.717, 1.165) is 18.8 Å². The highest BCUT2D eigenvalue weighted by atomic mass is 16.7. The molecule has 0 bridgehead atoms. The number of rotatable bonds is 6. The van der Waals surface area contributed by atoms with Gasteiger partial charge in [-0.2, -0.15) is 0 Å². The molecule has 0 aliphatic heterocycles. The van der Waals surface area contributed by atoms with E-state index in [0.29, 0.717) is 6.42 Å². The number of benzene rings is 1. The van der Waals surface area contributed by atoms with Crippen molar-refractivity contribution in [3.8, 4) is 0 Å². The smallest absolute Gasteiger partial charge is 0.449 e. The topological polar surface area (TPSA) is 70.4 Å². The van der Waals surface area contributed by atoms with E-state index >= 15 is 0 Å². The summed E-state index contributed by atoms with van der Waals surface area (Å²) >= 11 is 0. The Balaban J connectivity index is 1.84. The molecule has 0 saturated heterocycles. The molecule has 0 aromatic heterocycles. The number of hydrogen-bond acceptors (Lipinski definition) is 3. The van der Waals surface area contributed by atoms with Crippen LogP contribution in [-0.2, 0) is 16.6 Å². The molecular weight excluding hydrogens is 278 g/mol. The molecule has 0 unspecified atom stereocenters. The van der Waals surface area contributed by atoms with Crippen LogP contribution in [0.1, 0.15) is 57.1 Å². The summed E-state index contributed by atoms with van der Waals surface area (Å²) in [6, 6.07) is 8.73. The molecule has 1 fully saturated rings. The lowest BCUT2D eigenvalue weighted by atomic mass is 9.64. The molecular formula is C18H25NO3. The number of carboxylic acid groups (broad SMARTS) is 1. The first kappa shape index (κ1) is 16.5. The Bertz CT molecular complexity index is 530. The maximum Gasteiger partial charge on any atom is 0.512 e. The van der Waals surface area contributed by atoms with E-state index in [9.17, 15) is 4.79 Å². The van der Waals surface area contributed by atoms with Gasteiger partial charge in [-0.1, -0.05) is 44.5 Å². The Kier molecular flexibility index (Phi) is 5.22. The predicted octanol–water partition coefficient (Wildman–Crippen LogP) is 4.76. The van der Waals surface area contributed by atoms with Gasteiger partial charge < -0.3 is 9.84 Å². The zero-order valence-electron chi connectivity index (χ0n) is 13.4. The third-order valence-electron chi connectivity index (χ3n) is 4.90. The van der Waals surface area contributed by atoms with Crippen LogP contribution in [0.2, 0.25) is 0 Å². The molecule has 1 saturated carbocycles. The second-order valence-corrected chi connectivity index (χ2v) is 6.69. The number of hydrogen-bond donors (Lipinski definition) is 2. The van der Waals surface area contributed by atoms with Crippen LogP contribution < -0.4 is 0 Å². The van der Waals surface area contributed by atoms with E-state index in [1.165, 1.54) is 30.4 Å². The van der Waals surface area contributed by atoms with Crippen molar-refractivity contribution in [3.05, 3.63) is 35.4 Å². The van der Waals surface area contributed by atoms with Gasteiger partial charge >= 0.3 is 6.16 Å². The van der Waals surface area contributed by atoms with Crippen LogP contribution in [0.25, 0.3) is 0 Å². The number of ether oxygens (including phenoxy) is 1. The fourth-order valence-electron chi connectivity index (χ4n) is 3.08. The molecule has 0 heterocycles. The fourth-order valence-corrected chi connectivity index (χ4v) is 3.08. The van der Waals surface area contributed by atoms with Gasteiger partial charge in [0.2, 0.25) is 0 Å². The van der Waals surface area contributed by atoms with Crippen LogP contribution in [-0.4, -0.2) is 17.2 Å². The zero-order chi connectivity index (χ0) is 16.2. The van der Waals surface area contributed by atoms with Crippen molar-refractivity contribution >= 4 is 12.1 Å². The average Bonchev–Trinajstić information content (AvgIpc) is 2.35. The van der Waals surface area contributed by atoms with Crippen molar-refractivity contribution in [2.24, 2.45) is 5.92 Å². The third kappa shape index (κ3) is 4.09. The van der Waals surface area contributed by atoms with Gasteiger partial charge in [-0.15, -0.1) is 0 Å². The first-order valence-electron chi connectivity index (χ1n) is 7.97. The Morgan fingerprint density at radius 3 is 2.45 bits per heavy atom. The van der Waals surface area contributed by atoms with Crippen molar-refractivity contribution in [2.75, 3.05) is 0 Å². The first-order chi connectivity index (χ1) is 10.4. The largest absolute Gasteiger partial charge is 0.512 e. The van der Waals surface area contributed by atoms with E-state index in [-0.39, 0.29) is 11.3 Å². The van der Waals surface area contributed by atoms with Crippen molar-refractivity contribution < 1.29 is 14.6 Å². The summed E-state index contributed by atoms with van der Waals surface area (Å²) in [5.41, 5.74) is 2.85. The fraction of sp³-hybridized carbons (Fsp3) is 0.556. The van der Waals surface area contributed by atoms with Crippen molar-refractivity contribution in [2.45, 2.75) is 57.8 Å². The van der Waals surface area contributed by atoms with Gasteiger partial charge in [0.05, 0.1) is 0 Å². The van der Waals surface area contributed by atoms with Gasteiger partial charge in [0.15, 0.2) is 5.90 Å². The molecule has 4 nitrogen and oxygen atoms in total. The van der Waals surface area contributed by atoms with Crippen molar-refractivity contribution in [1.29, 1.82) is 5.41 Å². The highest BCUT2D eigenvalue weighted by Gasteiger charge is 2.34. The van der Waals surface area contributed by atoms with Gasteiger partial charge in [-0.3, -0.25) is 5.41 Å². The summed E-state index contributed by atoms with van der Waals surface area (Å²) in [5.74, 6) is 0.613. The minimum Gasteiger partial charge on any atom is -0.449 e. The summed E-state index contributed by atoms with van der Waals surface area (Å²) in [5, 5.41) is 15.8. The van der Waals surface area contributed by atoms with E-state index < -0.39 is 6.16 Å². The molecule has 1 aliphatic carbocycles. The van der Waals surface area contributed by atoms with Crippen LogP contribution in [0, 0.1) is 11.3 Å². The Labute approximate surface area is 132 Å². The van der Waals surface area contributed by atoms with E-state index in [4.69, 9.17) is 10.5 Å². The second kappa shape index (κ2) is 6.95. The van der Waals surface area contributed by atoms with Crippen LogP contribution in [0.3, 0.4) is 0 Å². The van der Waals surface area contributed by atoms with Crippen LogP contribution in [0.4, 0.5) is 4.79 Å². The van der Waals surface area contributed by atoms with E-state index in [2.05, 4.69) is 42.8 Å². The highest BCUT2D eigenvalue weighted by Crippen LogP contribution is 2.43. The lowest BCUT2D eigenvalue weighted by molar-refractivity contribution is 0.138. The molecule has 0 radical (unpaired) electrons. The van der Waals surface area contributed by atoms with E-state index in [1.807, 2.05) is 0 Å². The van der Waals surface area contributed by atoms with Gasteiger partial charge in [-0.25, -0.2) is 4.79 Å². The molecule has 1 aromatic carbocycles. The molecule has 0 spiro atoms. The minimum atomic E-state index is -1.41. The number of nitrogens with one attached hydrogen (secondary N) is 1. The molecule has 22 heavy (non-hydrogen) atoms. The predicted molar refractivity (Wildman–Crippen MR) is 86.6 cm³/mol. The molecule has 2 N–H and O–H groups in total. The Morgan fingerprint density at radius 1 is 1.32 bits per heavy atom.